The summed E-state index contributed by atoms with van der Waals surface area (Å²) in [5.74, 6) is 1.13. The van der Waals surface area contributed by atoms with Gasteiger partial charge in [-0.25, -0.2) is 0 Å². The lowest BCUT2D eigenvalue weighted by Gasteiger charge is -2.24. The molecule has 0 aliphatic heterocycles. The van der Waals surface area contributed by atoms with Gasteiger partial charge < -0.3 is 5.73 Å². The summed E-state index contributed by atoms with van der Waals surface area (Å²) in [5, 5.41) is 0. The van der Waals surface area contributed by atoms with Crippen molar-refractivity contribution in [1.29, 1.82) is 0 Å². The molecule has 0 aromatic heterocycles. The zero-order chi connectivity index (χ0) is 12.7. The molecule has 0 fully saturated rings. The molecule has 1 rings (SSSR count). The average Bonchev–Trinajstić information content (AvgIpc) is 2.32. The molecule has 0 bridgehead atoms. The van der Waals surface area contributed by atoms with Gasteiger partial charge in [0.05, 0.1) is 0 Å². The third-order valence-electron chi connectivity index (χ3n) is 3.00. The Labute approximate surface area is 110 Å². The van der Waals surface area contributed by atoms with Crippen LogP contribution in [0.3, 0.4) is 0 Å². The van der Waals surface area contributed by atoms with Gasteiger partial charge in [-0.3, -0.25) is 4.90 Å². The van der Waals surface area contributed by atoms with Crippen LogP contribution >= 0.6 is 11.8 Å². The van der Waals surface area contributed by atoms with Crippen LogP contribution < -0.4 is 5.73 Å². The Morgan fingerprint density at radius 1 is 1.29 bits per heavy atom. The highest BCUT2D eigenvalue weighted by Crippen LogP contribution is 2.18. The van der Waals surface area contributed by atoms with E-state index in [9.17, 15) is 0 Å². The summed E-state index contributed by atoms with van der Waals surface area (Å²) in [5.41, 5.74) is 6.96. The molecule has 3 heteroatoms. The second-order valence-corrected chi connectivity index (χ2v) is 5.76. The van der Waals surface area contributed by atoms with Crippen molar-refractivity contribution in [2.24, 2.45) is 5.73 Å². The zero-order valence-corrected chi connectivity index (χ0v) is 12.0. The minimum absolute atomic E-state index is 0.546. The third kappa shape index (κ3) is 5.11. The van der Waals surface area contributed by atoms with Crippen molar-refractivity contribution < 1.29 is 0 Å². The Balaban J connectivity index is 2.50. The van der Waals surface area contributed by atoms with Crippen LogP contribution in [0.4, 0.5) is 0 Å². The van der Waals surface area contributed by atoms with Crippen LogP contribution in [0, 0.1) is 0 Å². The molecule has 0 saturated carbocycles. The van der Waals surface area contributed by atoms with E-state index in [1.165, 1.54) is 10.5 Å². The maximum atomic E-state index is 5.58. The number of nitrogens with zero attached hydrogens (tertiary/aromatic N) is 1. The molecule has 0 aliphatic rings. The van der Waals surface area contributed by atoms with E-state index in [4.69, 9.17) is 5.73 Å². The Hall–Kier alpha value is -0.510. The molecule has 0 amide bonds. The molecule has 1 unspecified atom stereocenters. The van der Waals surface area contributed by atoms with Gasteiger partial charge in [-0.1, -0.05) is 19.1 Å². The summed E-state index contributed by atoms with van der Waals surface area (Å²) >= 11 is 1.89. The molecule has 0 saturated heterocycles. The summed E-state index contributed by atoms with van der Waals surface area (Å²) in [6.07, 6.45) is 1.06. The highest BCUT2D eigenvalue weighted by atomic mass is 32.2. The second-order valence-electron chi connectivity index (χ2n) is 4.42. The smallest absolute Gasteiger partial charge is 0.0233 e. The molecule has 1 atom stereocenters. The van der Waals surface area contributed by atoms with Crippen LogP contribution in [-0.2, 0) is 6.54 Å². The third-order valence-corrected chi connectivity index (χ3v) is 3.90. The normalized spacial score (nSPS) is 13.0. The second kappa shape index (κ2) is 7.75. The monoisotopic (exact) mass is 252 g/mol. The van der Waals surface area contributed by atoms with Crippen LogP contribution in [0.1, 0.15) is 25.8 Å². The van der Waals surface area contributed by atoms with Gasteiger partial charge in [0.15, 0.2) is 0 Å². The van der Waals surface area contributed by atoms with Crippen LogP contribution in [-0.4, -0.2) is 30.3 Å². The van der Waals surface area contributed by atoms with E-state index >= 15 is 0 Å². The SMILES string of the molecule is CCSc1ccc(CN(C)C(C)CCN)cc1. The molecule has 2 nitrogen and oxygen atoms in total. The fourth-order valence-electron chi connectivity index (χ4n) is 1.76. The Morgan fingerprint density at radius 3 is 2.47 bits per heavy atom. The quantitative estimate of drug-likeness (QED) is 0.757. The van der Waals surface area contributed by atoms with Gasteiger partial charge in [-0.2, -0.15) is 0 Å². The van der Waals surface area contributed by atoms with Crippen molar-refractivity contribution in [2.45, 2.75) is 37.8 Å². The fraction of sp³-hybridized carbons (Fsp3) is 0.571. The van der Waals surface area contributed by atoms with E-state index in [2.05, 4.69) is 50.1 Å². The van der Waals surface area contributed by atoms with Crippen LogP contribution in [0.25, 0.3) is 0 Å². The van der Waals surface area contributed by atoms with Crippen LogP contribution in [0.15, 0.2) is 29.2 Å². The van der Waals surface area contributed by atoms with Gasteiger partial charge in [0.2, 0.25) is 0 Å². The molecular formula is C14H24N2S. The van der Waals surface area contributed by atoms with Crippen LogP contribution in [0.2, 0.25) is 0 Å². The molecular weight excluding hydrogens is 228 g/mol. The maximum Gasteiger partial charge on any atom is 0.0233 e. The number of rotatable bonds is 7. The minimum atomic E-state index is 0.546. The van der Waals surface area contributed by atoms with E-state index in [1.54, 1.807) is 0 Å². The molecule has 96 valence electrons. The first kappa shape index (κ1) is 14.6. The van der Waals surface area contributed by atoms with Crippen molar-refractivity contribution in [1.82, 2.24) is 4.90 Å². The zero-order valence-electron chi connectivity index (χ0n) is 11.1. The number of hydrogen-bond acceptors (Lipinski definition) is 3. The number of hydrogen-bond donors (Lipinski definition) is 1. The molecule has 2 N–H and O–H groups in total. The van der Waals surface area contributed by atoms with E-state index in [0.717, 1.165) is 25.3 Å². The van der Waals surface area contributed by atoms with E-state index in [0.29, 0.717) is 6.04 Å². The highest BCUT2D eigenvalue weighted by Gasteiger charge is 2.08. The first-order valence-corrected chi connectivity index (χ1v) is 7.28. The van der Waals surface area contributed by atoms with Crippen molar-refractivity contribution in [2.75, 3.05) is 19.3 Å². The van der Waals surface area contributed by atoms with Crippen molar-refractivity contribution >= 4 is 11.8 Å². The molecule has 0 aliphatic carbocycles. The summed E-state index contributed by atoms with van der Waals surface area (Å²) in [6.45, 7) is 6.17. The van der Waals surface area contributed by atoms with Crippen molar-refractivity contribution in [3.05, 3.63) is 29.8 Å². The molecule has 0 spiro atoms. The standard InChI is InChI=1S/C14H24N2S/c1-4-17-14-7-5-13(6-8-14)11-16(3)12(2)9-10-15/h5-8,12H,4,9-11,15H2,1-3H3. The Bertz CT molecular complexity index is 311. The maximum absolute atomic E-state index is 5.58. The van der Waals surface area contributed by atoms with Gasteiger partial charge in [-0.15, -0.1) is 11.8 Å². The Morgan fingerprint density at radius 2 is 1.94 bits per heavy atom. The first-order chi connectivity index (χ1) is 8.17. The molecule has 0 heterocycles. The molecule has 1 aromatic carbocycles. The lowest BCUT2D eigenvalue weighted by molar-refractivity contribution is 0.240. The van der Waals surface area contributed by atoms with E-state index in [-0.39, 0.29) is 0 Å². The fourth-order valence-corrected chi connectivity index (χ4v) is 2.43. The summed E-state index contributed by atoms with van der Waals surface area (Å²) in [7, 11) is 2.16. The van der Waals surface area contributed by atoms with Gasteiger partial charge >= 0.3 is 0 Å². The molecule has 17 heavy (non-hydrogen) atoms. The van der Waals surface area contributed by atoms with Crippen LogP contribution in [0.5, 0.6) is 0 Å². The van der Waals surface area contributed by atoms with E-state index < -0.39 is 0 Å². The molecule has 1 aromatic rings. The van der Waals surface area contributed by atoms with Gasteiger partial charge in [0, 0.05) is 17.5 Å². The highest BCUT2D eigenvalue weighted by molar-refractivity contribution is 7.99. The number of nitrogens with two attached hydrogens (primary N) is 1. The van der Waals surface area contributed by atoms with E-state index in [1.807, 2.05) is 11.8 Å². The number of benzene rings is 1. The average molecular weight is 252 g/mol. The Kier molecular flexibility index (Phi) is 6.63. The predicted molar refractivity (Wildman–Crippen MR) is 77.4 cm³/mol. The predicted octanol–water partition coefficient (Wildman–Crippen LogP) is 2.97. The topological polar surface area (TPSA) is 29.3 Å². The summed E-state index contributed by atoms with van der Waals surface area (Å²) in [4.78, 5) is 3.71. The largest absolute Gasteiger partial charge is 0.330 e. The summed E-state index contributed by atoms with van der Waals surface area (Å²) < 4.78 is 0. The van der Waals surface area contributed by atoms with Crippen molar-refractivity contribution in [3.8, 4) is 0 Å². The first-order valence-electron chi connectivity index (χ1n) is 6.29. The van der Waals surface area contributed by atoms with Crippen molar-refractivity contribution in [3.63, 3.8) is 0 Å². The number of thioether (sulfide) groups is 1. The molecule has 0 radical (unpaired) electrons. The van der Waals surface area contributed by atoms with Gasteiger partial charge in [0.1, 0.15) is 0 Å². The van der Waals surface area contributed by atoms with Gasteiger partial charge in [-0.05, 0) is 50.4 Å². The minimum Gasteiger partial charge on any atom is -0.330 e. The lowest BCUT2D eigenvalue weighted by Crippen LogP contribution is -2.30. The lowest BCUT2D eigenvalue weighted by atomic mass is 10.1. The summed E-state index contributed by atoms with van der Waals surface area (Å²) in [6, 6.07) is 9.42. The van der Waals surface area contributed by atoms with Gasteiger partial charge in [0.25, 0.3) is 0 Å².